The normalized spacial score (nSPS) is 10.4. The summed E-state index contributed by atoms with van der Waals surface area (Å²) >= 11 is 0. The minimum Gasteiger partial charge on any atom is -0.507 e. The Kier molecular flexibility index (Phi) is 3.51. The summed E-state index contributed by atoms with van der Waals surface area (Å²) in [7, 11) is 0. The molecule has 2 aromatic rings. The number of aryl methyl sites for hydroxylation is 1. The maximum absolute atomic E-state index is 13.0. The van der Waals surface area contributed by atoms with E-state index in [0.29, 0.717) is 12.3 Å². The molecule has 0 spiro atoms. The number of anilines is 1. The van der Waals surface area contributed by atoms with Gasteiger partial charge in [-0.25, -0.2) is 4.39 Å². The Balaban J connectivity index is 2.14. The van der Waals surface area contributed by atoms with Crippen molar-refractivity contribution in [3.63, 3.8) is 0 Å². The lowest BCUT2D eigenvalue weighted by atomic mass is 10.1. The van der Waals surface area contributed by atoms with Crippen molar-refractivity contribution in [2.24, 2.45) is 0 Å². The number of benzene rings is 2. The van der Waals surface area contributed by atoms with Crippen molar-refractivity contribution < 1.29 is 9.50 Å². The quantitative estimate of drug-likeness (QED) is 0.863. The van der Waals surface area contributed by atoms with Crippen LogP contribution in [0, 0.1) is 19.7 Å². The van der Waals surface area contributed by atoms with E-state index < -0.39 is 0 Å². The molecule has 0 radical (unpaired) electrons. The van der Waals surface area contributed by atoms with E-state index in [4.69, 9.17) is 0 Å². The predicted octanol–water partition coefficient (Wildman–Crippen LogP) is 3.76. The first-order chi connectivity index (χ1) is 8.58. The number of phenolic OH excluding ortho intramolecular Hbond substituents is 1. The summed E-state index contributed by atoms with van der Waals surface area (Å²) in [5.41, 5.74) is 3.40. The first-order valence-electron chi connectivity index (χ1n) is 5.85. The van der Waals surface area contributed by atoms with Crippen molar-refractivity contribution >= 4 is 5.69 Å². The lowest BCUT2D eigenvalue weighted by Crippen LogP contribution is -2.01. The molecule has 2 N–H and O–H groups in total. The van der Waals surface area contributed by atoms with Gasteiger partial charge in [-0.3, -0.25) is 0 Å². The summed E-state index contributed by atoms with van der Waals surface area (Å²) < 4.78 is 13.0. The molecule has 0 aliphatic heterocycles. The number of phenols is 1. The van der Waals surface area contributed by atoms with E-state index in [1.807, 2.05) is 32.0 Å². The molecule has 0 aliphatic carbocycles. The van der Waals surface area contributed by atoms with Gasteiger partial charge in [0.1, 0.15) is 11.6 Å². The summed E-state index contributed by atoms with van der Waals surface area (Å²) in [6.07, 6.45) is 0. The molecule has 94 valence electrons. The molecule has 2 nitrogen and oxygen atoms in total. The number of halogens is 1. The monoisotopic (exact) mass is 245 g/mol. The van der Waals surface area contributed by atoms with E-state index in [-0.39, 0.29) is 5.82 Å². The van der Waals surface area contributed by atoms with Crippen LogP contribution >= 0.6 is 0 Å². The van der Waals surface area contributed by atoms with Crippen LogP contribution in [-0.4, -0.2) is 5.11 Å². The maximum atomic E-state index is 13.0. The van der Waals surface area contributed by atoms with Crippen LogP contribution in [0.5, 0.6) is 5.75 Å². The molecule has 3 heteroatoms. The summed E-state index contributed by atoms with van der Waals surface area (Å²) in [6, 6.07) is 10.2. The van der Waals surface area contributed by atoms with Crippen LogP contribution in [0.15, 0.2) is 36.4 Å². The van der Waals surface area contributed by atoms with Crippen LogP contribution in [-0.2, 0) is 6.54 Å². The van der Waals surface area contributed by atoms with E-state index in [9.17, 15) is 9.50 Å². The number of nitrogens with one attached hydrogen (secondary N) is 1. The number of hydrogen-bond donors (Lipinski definition) is 2. The molecule has 0 bridgehead atoms. The highest BCUT2D eigenvalue weighted by Gasteiger charge is 2.05. The molecule has 0 amide bonds. The summed E-state index contributed by atoms with van der Waals surface area (Å²) in [4.78, 5) is 0. The van der Waals surface area contributed by atoms with Crippen molar-refractivity contribution in [1.29, 1.82) is 0 Å². The van der Waals surface area contributed by atoms with Crippen LogP contribution in [0.3, 0.4) is 0 Å². The second-order valence-electron chi connectivity index (χ2n) is 4.39. The minimum atomic E-state index is -0.238. The van der Waals surface area contributed by atoms with E-state index in [0.717, 1.165) is 22.4 Å². The smallest absolute Gasteiger partial charge is 0.123 e. The van der Waals surface area contributed by atoms with Gasteiger partial charge in [-0.15, -0.1) is 0 Å². The average molecular weight is 245 g/mol. The van der Waals surface area contributed by atoms with Gasteiger partial charge >= 0.3 is 0 Å². The van der Waals surface area contributed by atoms with E-state index in [2.05, 4.69) is 5.32 Å². The van der Waals surface area contributed by atoms with Gasteiger partial charge in [0.25, 0.3) is 0 Å². The molecule has 18 heavy (non-hydrogen) atoms. The largest absolute Gasteiger partial charge is 0.507 e. The van der Waals surface area contributed by atoms with Crippen LogP contribution < -0.4 is 5.32 Å². The Morgan fingerprint density at radius 1 is 1.17 bits per heavy atom. The molecule has 0 atom stereocenters. The van der Waals surface area contributed by atoms with Gasteiger partial charge in [-0.1, -0.05) is 18.2 Å². The van der Waals surface area contributed by atoms with Gasteiger partial charge in [-0.2, -0.15) is 0 Å². The Morgan fingerprint density at radius 2 is 1.94 bits per heavy atom. The molecule has 0 saturated heterocycles. The molecular weight excluding hydrogens is 229 g/mol. The van der Waals surface area contributed by atoms with Crippen molar-refractivity contribution in [2.45, 2.75) is 20.4 Å². The molecular formula is C15H16FNO. The minimum absolute atomic E-state index is 0.238. The molecule has 0 unspecified atom stereocenters. The number of aromatic hydroxyl groups is 1. The van der Waals surface area contributed by atoms with Crippen molar-refractivity contribution in [1.82, 2.24) is 0 Å². The van der Waals surface area contributed by atoms with Gasteiger partial charge in [0.05, 0.1) is 0 Å². The zero-order chi connectivity index (χ0) is 13.1. The van der Waals surface area contributed by atoms with Gasteiger partial charge in [0.15, 0.2) is 0 Å². The standard InChI is InChI=1S/C15H16FNO/c1-10-6-7-14(11(2)15(10)18)17-9-12-4-3-5-13(16)8-12/h3-8,17-18H,9H2,1-2H3. The Labute approximate surface area is 106 Å². The zero-order valence-corrected chi connectivity index (χ0v) is 10.5. The highest BCUT2D eigenvalue weighted by molar-refractivity contribution is 5.59. The van der Waals surface area contributed by atoms with Crippen molar-refractivity contribution in [3.05, 3.63) is 58.9 Å². The Morgan fingerprint density at radius 3 is 2.67 bits per heavy atom. The fourth-order valence-corrected chi connectivity index (χ4v) is 1.87. The molecule has 0 saturated carbocycles. The number of hydrogen-bond acceptors (Lipinski definition) is 2. The molecule has 0 fully saturated rings. The molecule has 0 heterocycles. The Bertz CT molecular complexity index is 566. The fourth-order valence-electron chi connectivity index (χ4n) is 1.87. The Hall–Kier alpha value is -2.03. The van der Waals surface area contributed by atoms with Crippen LogP contribution in [0.1, 0.15) is 16.7 Å². The second kappa shape index (κ2) is 5.08. The van der Waals surface area contributed by atoms with Crippen molar-refractivity contribution in [3.8, 4) is 5.75 Å². The van der Waals surface area contributed by atoms with Crippen LogP contribution in [0.25, 0.3) is 0 Å². The third-order valence-electron chi connectivity index (χ3n) is 3.00. The molecule has 0 aromatic heterocycles. The lowest BCUT2D eigenvalue weighted by Gasteiger charge is -2.12. The van der Waals surface area contributed by atoms with E-state index in [1.165, 1.54) is 12.1 Å². The average Bonchev–Trinajstić information content (AvgIpc) is 2.35. The fraction of sp³-hybridized carbons (Fsp3) is 0.200. The van der Waals surface area contributed by atoms with Gasteiger partial charge < -0.3 is 10.4 Å². The topological polar surface area (TPSA) is 32.3 Å². The highest BCUT2D eigenvalue weighted by Crippen LogP contribution is 2.28. The second-order valence-corrected chi connectivity index (χ2v) is 4.39. The summed E-state index contributed by atoms with van der Waals surface area (Å²) in [5.74, 6) is 0.0667. The first-order valence-corrected chi connectivity index (χ1v) is 5.85. The summed E-state index contributed by atoms with van der Waals surface area (Å²) in [5, 5.41) is 13.0. The van der Waals surface area contributed by atoms with Gasteiger partial charge in [0.2, 0.25) is 0 Å². The van der Waals surface area contributed by atoms with Gasteiger partial charge in [0, 0.05) is 17.8 Å². The van der Waals surface area contributed by atoms with E-state index >= 15 is 0 Å². The molecule has 2 aromatic carbocycles. The molecule has 0 aliphatic rings. The third-order valence-corrected chi connectivity index (χ3v) is 3.00. The SMILES string of the molecule is Cc1ccc(NCc2cccc(F)c2)c(C)c1O. The maximum Gasteiger partial charge on any atom is 0.123 e. The van der Waals surface area contributed by atoms with Gasteiger partial charge in [-0.05, 0) is 43.2 Å². The number of rotatable bonds is 3. The highest BCUT2D eigenvalue weighted by atomic mass is 19.1. The third kappa shape index (κ3) is 2.62. The van der Waals surface area contributed by atoms with Crippen LogP contribution in [0.4, 0.5) is 10.1 Å². The molecule has 2 rings (SSSR count). The predicted molar refractivity (Wildman–Crippen MR) is 71.3 cm³/mol. The van der Waals surface area contributed by atoms with E-state index in [1.54, 1.807) is 6.07 Å². The zero-order valence-electron chi connectivity index (χ0n) is 10.5. The van der Waals surface area contributed by atoms with Crippen LogP contribution in [0.2, 0.25) is 0 Å². The van der Waals surface area contributed by atoms with Crippen molar-refractivity contribution in [2.75, 3.05) is 5.32 Å². The lowest BCUT2D eigenvalue weighted by molar-refractivity contribution is 0.467. The summed E-state index contributed by atoms with van der Waals surface area (Å²) in [6.45, 7) is 4.25. The first kappa shape index (κ1) is 12.4.